The number of benzene rings is 1. The van der Waals surface area contributed by atoms with Crippen molar-refractivity contribution in [1.29, 1.82) is 0 Å². The summed E-state index contributed by atoms with van der Waals surface area (Å²) in [6.45, 7) is 0. The van der Waals surface area contributed by atoms with Gasteiger partial charge in [0, 0.05) is 16.6 Å². The van der Waals surface area contributed by atoms with Crippen LogP contribution in [0.5, 0.6) is 0 Å². The van der Waals surface area contributed by atoms with Crippen LogP contribution in [0, 0.1) is 17.6 Å². The van der Waals surface area contributed by atoms with Crippen molar-refractivity contribution in [3.63, 3.8) is 0 Å². The van der Waals surface area contributed by atoms with E-state index in [-0.39, 0.29) is 5.92 Å². The van der Waals surface area contributed by atoms with Gasteiger partial charge in [0.1, 0.15) is 5.69 Å². The zero-order chi connectivity index (χ0) is 14.2. The monoisotopic (exact) mass is 309 g/mol. The lowest BCUT2D eigenvalue weighted by atomic mass is 9.85. The summed E-state index contributed by atoms with van der Waals surface area (Å²) in [4.78, 5) is 10.9. The van der Waals surface area contributed by atoms with Gasteiger partial charge in [-0.25, -0.2) is 17.2 Å². The molecule has 104 valence electrons. The number of carbonyl (C=O) groups is 1. The molecule has 0 saturated heterocycles. The van der Waals surface area contributed by atoms with Crippen LogP contribution >= 0.6 is 10.7 Å². The molecule has 1 aromatic carbocycles. The maximum Gasteiger partial charge on any atom is 0.261 e. The number of amides is 1. The Labute approximate surface area is 113 Å². The van der Waals surface area contributed by atoms with Gasteiger partial charge < -0.3 is 5.32 Å². The van der Waals surface area contributed by atoms with Crippen LogP contribution in [0.2, 0.25) is 0 Å². The standard InChI is InChI=1S/C11H10ClF2NO3S/c12-19(17,18)7-4-8(13)10(9(14)5-7)15-11(16)6-2-1-3-6/h4-6H,1-3H2,(H,15,16). The van der Waals surface area contributed by atoms with Crippen LogP contribution in [0.25, 0.3) is 0 Å². The highest BCUT2D eigenvalue weighted by Gasteiger charge is 2.27. The van der Waals surface area contributed by atoms with Crippen molar-refractivity contribution < 1.29 is 22.0 Å². The minimum Gasteiger partial charge on any atom is -0.321 e. The second kappa shape index (κ2) is 5.05. The molecule has 0 bridgehead atoms. The summed E-state index contributed by atoms with van der Waals surface area (Å²) < 4.78 is 49.2. The molecular weight excluding hydrogens is 300 g/mol. The van der Waals surface area contributed by atoms with E-state index in [4.69, 9.17) is 10.7 Å². The zero-order valence-corrected chi connectivity index (χ0v) is 11.2. The molecule has 1 N–H and O–H groups in total. The van der Waals surface area contributed by atoms with E-state index in [1.807, 2.05) is 0 Å². The minimum absolute atomic E-state index is 0.241. The van der Waals surface area contributed by atoms with E-state index in [2.05, 4.69) is 5.32 Å². The van der Waals surface area contributed by atoms with Gasteiger partial charge in [-0.05, 0) is 25.0 Å². The predicted octanol–water partition coefficient (Wildman–Crippen LogP) is 2.63. The molecule has 1 aliphatic rings. The third-order valence-corrected chi connectivity index (χ3v) is 4.35. The summed E-state index contributed by atoms with van der Waals surface area (Å²) in [6, 6.07) is 1.14. The molecule has 19 heavy (non-hydrogen) atoms. The summed E-state index contributed by atoms with van der Waals surface area (Å²) in [6.07, 6.45) is 2.28. The van der Waals surface area contributed by atoms with Crippen molar-refractivity contribution in [2.45, 2.75) is 24.2 Å². The van der Waals surface area contributed by atoms with Crippen molar-refractivity contribution in [1.82, 2.24) is 0 Å². The van der Waals surface area contributed by atoms with Crippen molar-refractivity contribution >= 4 is 31.3 Å². The first-order valence-electron chi connectivity index (χ1n) is 5.53. The largest absolute Gasteiger partial charge is 0.321 e. The second-order valence-electron chi connectivity index (χ2n) is 4.32. The molecule has 2 rings (SSSR count). The number of hydrogen-bond donors (Lipinski definition) is 1. The lowest BCUT2D eigenvalue weighted by Crippen LogP contribution is -2.28. The van der Waals surface area contributed by atoms with Gasteiger partial charge in [0.05, 0.1) is 4.90 Å². The summed E-state index contributed by atoms with van der Waals surface area (Å²) in [5, 5.41) is 2.13. The van der Waals surface area contributed by atoms with E-state index in [9.17, 15) is 22.0 Å². The summed E-state index contributed by atoms with van der Waals surface area (Å²) >= 11 is 0. The fourth-order valence-corrected chi connectivity index (χ4v) is 2.46. The van der Waals surface area contributed by atoms with E-state index in [1.54, 1.807) is 0 Å². The number of rotatable bonds is 3. The molecule has 0 radical (unpaired) electrons. The lowest BCUT2D eigenvalue weighted by molar-refractivity contribution is -0.122. The maximum absolute atomic E-state index is 13.6. The summed E-state index contributed by atoms with van der Waals surface area (Å²) in [5.74, 6) is -3.06. The molecule has 1 amide bonds. The summed E-state index contributed by atoms with van der Waals surface area (Å²) in [5.41, 5.74) is -0.652. The lowest BCUT2D eigenvalue weighted by Gasteiger charge is -2.24. The molecule has 4 nitrogen and oxygen atoms in total. The number of nitrogens with one attached hydrogen (secondary N) is 1. The van der Waals surface area contributed by atoms with E-state index in [0.717, 1.165) is 6.42 Å². The third kappa shape index (κ3) is 3.03. The van der Waals surface area contributed by atoms with Crippen molar-refractivity contribution in [2.24, 2.45) is 5.92 Å². The molecule has 0 aliphatic heterocycles. The Balaban J connectivity index is 2.29. The van der Waals surface area contributed by atoms with Gasteiger partial charge in [-0.15, -0.1) is 0 Å². The van der Waals surface area contributed by atoms with E-state index in [0.29, 0.717) is 25.0 Å². The smallest absolute Gasteiger partial charge is 0.261 e. The Kier molecular flexibility index (Phi) is 3.78. The Hall–Kier alpha value is -1.21. The van der Waals surface area contributed by atoms with Gasteiger partial charge in [0.2, 0.25) is 5.91 Å². The molecule has 8 heteroatoms. The van der Waals surface area contributed by atoms with Gasteiger partial charge >= 0.3 is 0 Å². The van der Waals surface area contributed by atoms with E-state index >= 15 is 0 Å². The summed E-state index contributed by atoms with van der Waals surface area (Å²) in [7, 11) is 0.771. The predicted molar refractivity (Wildman–Crippen MR) is 65.4 cm³/mol. The first kappa shape index (κ1) is 14.2. The molecule has 1 saturated carbocycles. The van der Waals surface area contributed by atoms with Crippen LogP contribution in [-0.2, 0) is 13.8 Å². The van der Waals surface area contributed by atoms with E-state index in [1.165, 1.54) is 0 Å². The average molecular weight is 310 g/mol. The molecule has 0 unspecified atom stereocenters. The Morgan fingerprint density at radius 2 is 1.79 bits per heavy atom. The zero-order valence-electron chi connectivity index (χ0n) is 9.62. The molecular formula is C11H10ClF2NO3S. The van der Waals surface area contributed by atoms with Crippen molar-refractivity contribution in [2.75, 3.05) is 5.32 Å². The number of anilines is 1. The molecule has 1 fully saturated rings. The maximum atomic E-state index is 13.6. The van der Waals surface area contributed by atoms with Crippen LogP contribution in [0.4, 0.5) is 14.5 Å². The molecule has 1 aromatic rings. The average Bonchev–Trinajstić information content (AvgIpc) is 2.19. The SMILES string of the molecule is O=C(Nc1c(F)cc(S(=O)(=O)Cl)cc1F)C1CCC1. The Bertz CT molecular complexity index is 606. The fraction of sp³-hybridized carbons (Fsp3) is 0.364. The number of halogens is 3. The van der Waals surface area contributed by atoms with Gasteiger partial charge in [-0.1, -0.05) is 6.42 Å². The third-order valence-electron chi connectivity index (χ3n) is 3.02. The fourth-order valence-electron chi connectivity index (χ4n) is 1.71. The normalized spacial score (nSPS) is 15.9. The Morgan fingerprint density at radius 3 is 2.16 bits per heavy atom. The first-order chi connectivity index (χ1) is 8.79. The first-order valence-corrected chi connectivity index (χ1v) is 7.84. The van der Waals surface area contributed by atoms with Crippen LogP contribution in [0.15, 0.2) is 17.0 Å². The van der Waals surface area contributed by atoms with Crippen LogP contribution in [0.1, 0.15) is 19.3 Å². The number of hydrogen-bond acceptors (Lipinski definition) is 3. The molecule has 0 spiro atoms. The minimum atomic E-state index is -4.22. The molecule has 0 aromatic heterocycles. The second-order valence-corrected chi connectivity index (χ2v) is 6.88. The number of carbonyl (C=O) groups excluding carboxylic acids is 1. The molecule has 0 atom stereocenters. The van der Waals surface area contributed by atoms with Crippen LogP contribution in [-0.4, -0.2) is 14.3 Å². The van der Waals surface area contributed by atoms with E-state index < -0.39 is 37.2 Å². The highest BCUT2D eigenvalue weighted by molar-refractivity contribution is 8.13. The quantitative estimate of drug-likeness (QED) is 0.873. The highest BCUT2D eigenvalue weighted by Crippen LogP contribution is 2.30. The van der Waals surface area contributed by atoms with Crippen molar-refractivity contribution in [3.05, 3.63) is 23.8 Å². The molecule has 0 heterocycles. The van der Waals surface area contributed by atoms with Crippen molar-refractivity contribution in [3.8, 4) is 0 Å². The van der Waals surface area contributed by atoms with Gasteiger partial charge in [0.15, 0.2) is 11.6 Å². The van der Waals surface area contributed by atoms with Gasteiger partial charge in [-0.3, -0.25) is 4.79 Å². The topological polar surface area (TPSA) is 63.2 Å². The highest BCUT2D eigenvalue weighted by atomic mass is 35.7. The Morgan fingerprint density at radius 1 is 1.26 bits per heavy atom. The van der Waals surface area contributed by atoms with Crippen LogP contribution < -0.4 is 5.32 Å². The van der Waals surface area contributed by atoms with Gasteiger partial charge in [-0.2, -0.15) is 0 Å². The van der Waals surface area contributed by atoms with Crippen LogP contribution in [0.3, 0.4) is 0 Å². The molecule has 1 aliphatic carbocycles. The van der Waals surface area contributed by atoms with Gasteiger partial charge in [0.25, 0.3) is 9.05 Å².